The molecule has 0 saturated heterocycles. The van der Waals surface area contributed by atoms with Crippen molar-refractivity contribution >= 4 is 16.9 Å². The first-order valence-electron chi connectivity index (χ1n) is 8.19. The van der Waals surface area contributed by atoms with E-state index in [1.807, 2.05) is 50.2 Å². The maximum Gasteiger partial charge on any atom is 0.244 e. The highest BCUT2D eigenvalue weighted by Crippen LogP contribution is 2.28. The van der Waals surface area contributed by atoms with Crippen LogP contribution in [0.2, 0.25) is 0 Å². The van der Waals surface area contributed by atoms with Crippen LogP contribution in [0.3, 0.4) is 0 Å². The number of benzene rings is 1. The molecule has 0 unspecified atom stereocenters. The Morgan fingerprint density at radius 2 is 2.04 bits per heavy atom. The lowest BCUT2D eigenvalue weighted by atomic mass is 10.1. The highest BCUT2D eigenvalue weighted by molar-refractivity contribution is 5.81. The molecule has 2 aromatic heterocycles. The smallest absolute Gasteiger partial charge is 0.244 e. The number of methoxy groups -OCH3 is 1. The molecule has 0 N–H and O–H groups in total. The lowest BCUT2D eigenvalue weighted by Crippen LogP contribution is -2.33. The molecular weight excluding hydrogens is 316 g/mol. The SMILES string of the molecule is COc1ccccc1[C@@H](C)N(C)C(=O)Cn1nc(C)c2cccnc21. The van der Waals surface area contributed by atoms with Crippen LogP contribution in [0.4, 0.5) is 0 Å². The van der Waals surface area contributed by atoms with Crippen molar-refractivity contribution in [3.05, 3.63) is 53.9 Å². The zero-order chi connectivity index (χ0) is 18.0. The number of hydrogen-bond donors (Lipinski definition) is 0. The highest BCUT2D eigenvalue weighted by Gasteiger charge is 2.21. The summed E-state index contributed by atoms with van der Waals surface area (Å²) in [6, 6.07) is 11.5. The highest BCUT2D eigenvalue weighted by atomic mass is 16.5. The Morgan fingerprint density at radius 1 is 1.28 bits per heavy atom. The summed E-state index contributed by atoms with van der Waals surface area (Å²) in [6.45, 7) is 4.06. The second-order valence-electron chi connectivity index (χ2n) is 6.04. The second kappa shape index (κ2) is 6.93. The molecule has 25 heavy (non-hydrogen) atoms. The molecule has 3 aromatic rings. The standard InChI is InChI=1S/C19H22N4O2/c1-13-15-9-7-11-20-19(15)23(21-13)12-18(24)22(3)14(2)16-8-5-6-10-17(16)25-4/h5-11,14H,12H2,1-4H3/t14-/m1/s1. The average Bonchev–Trinajstić information content (AvgIpc) is 2.96. The van der Waals surface area contributed by atoms with Gasteiger partial charge in [-0.05, 0) is 32.0 Å². The second-order valence-corrected chi connectivity index (χ2v) is 6.04. The van der Waals surface area contributed by atoms with E-state index < -0.39 is 0 Å². The molecule has 1 amide bonds. The van der Waals surface area contributed by atoms with Gasteiger partial charge in [-0.15, -0.1) is 0 Å². The van der Waals surface area contributed by atoms with Gasteiger partial charge in [-0.3, -0.25) is 4.79 Å². The Labute approximate surface area is 147 Å². The predicted molar refractivity (Wildman–Crippen MR) is 96.4 cm³/mol. The van der Waals surface area contributed by atoms with Gasteiger partial charge in [-0.25, -0.2) is 9.67 Å². The van der Waals surface area contributed by atoms with Crippen LogP contribution in [0, 0.1) is 6.92 Å². The van der Waals surface area contributed by atoms with E-state index in [0.29, 0.717) is 0 Å². The fourth-order valence-corrected chi connectivity index (χ4v) is 2.95. The number of carbonyl (C=O) groups is 1. The third-order valence-electron chi connectivity index (χ3n) is 4.54. The number of aromatic nitrogens is 3. The number of para-hydroxylation sites is 1. The molecule has 0 saturated carbocycles. The van der Waals surface area contributed by atoms with Crippen molar-refractivity contribution in [2.24, 2.45) is 0 Å². The number of amides is 1. The van der Waals surface area contributed by atoms with E-state index in [-0.39, 0.29) is 18.5 Å². The van der Waals surface area contributed by atoms with Crippen molar-refractivity contribution in [3.63, 3.8) is 0 Å². The molecule has 0 aliphatic rings. The van der Waals surface area contributed by atoms with E-state index in [1.54, 1.807) is 29.9 Å². The minimum Gasteiger partial charge on any atom is -0.496 e. The van der Waals surface area contributed by atoms with E-state index in [9.17, 15) is 4.79 Å². The molecule has 0 bridgehead atoms. The van der Waals surface area contributed by atoms with E-state index in [2.05, 4.69) is 10.1 Å². The van der Waals surface area contributed by atoms with Crippen molar-refractivity contribution in [1.29, 1.82) is 0 Å². The number of likely N-dealkylation sites (N-methyl/N-ethyl adjacent to an activating group) is 1. The Balaban J connectivity index is 1.82. The molecule has 0 fully saturated rings. The molecule has 0 aliphatic heterocycles. The molecule has 0 spiro atoms. The maximum absolute atomic E-state index is 12.8. The predicted octanol–water partition coefficient (Wildman–Crippen LogP) is 2.97. The van der Waals surface area contributed by atoms with Gasteiger partial charge in [-0.2, -0.15) is 5.10 Å². The zero-order valence-corrected chi connectivity index (χ0v) is 14.9. The van der Waals surface area contributed by atoms with Gasteiger partial charge in [-0.1, -0.05) is 18.2 Å². The van der Waals surface area contributed by atoms with Crippen molar-refractivity contribution < 1.29 is 9.53 Å². The number of nitrogens with zero attached hydrogens (tertiary/aromatic N) is 4. The van der Waals surface area contributed by atoms with Crippen LogP contribution in [0.15, 0.2) is 42.6 Å². The van der Waals surface area contributed by atoms with Crippen molar-refractivity contribution in [3.8, 4) is 5.75 Å². The van der Waals surface area contributed by atoms with Crippen LogP contribution < -0.4 is 4.74 Å². The van der Waals surface area contributed by atoms with Crippen LogP contribution in [0.5, 0.6) is 5.75 Å². The lowest BCUT2D eigenvalue weighted by Gasteiger charge is -2.26. The quantitative estimate of drug-likeness (QED) is 0.717. The van der Waals surface area contributed by atoms with Gasteiger partial charge in [0.15, 0.2) is 5.65 Å². The van der Waals surface area contributed by atoms with Gasteiger partial charge in [0.25, 0.3) is 0 Å². The van der Waals surface area contributed by atoms with E-state index in [1.165, 1.54) is 0 Å². The first-order valence-corrected chi connectivity index (χ1v) is 8.19. The van der Waals surface area contributed by atoms with Gasteiger partial charge in [0, 0.05) is 24.2 Å². The number of pyridine rings is 1. The minimum absolute atomic E-state index is 0.0338. The van der Waals surface area contributed by atoms with E-state index in [0.717, 1.165) is 28.0 Å². The van der Waals surface area contributed by atoms with Gasteiger partial charge in [0.2, 0.25) is 5.91 Å². The molecule has 130 valence electrons. The summed E-state index contributed by atoms with van der Waals surface area (Å²) in [5, 5.41) is 5.43. The normalized spacial score (nSPS) is 12.2. The van der Waals surface area contributed by atoms with Crippen molar-refractivity contribution in [2.45, 2.75) is 26.4 Å². The molecule has 1 atom stereocenters. The Kier molecular flexibility index (Phi) is 4.70. The summed E-state index contributed by atoms with van der Waals surface area (Å²) < 4.78 is 7.08. The molecule has 3 rings (SSSR count). The zero-order valence-electron chi connectivity index (χ0n) is 14.9. The van der Waals surface area contributed by atoms with Gasteiger partial charge in [0.05, 0.1) is 18.8 Å². The number of aryl methyl sites for hydroxylation is 1. The Morgan fingerprint density at radius 3 is 2.80 bits per heavy atom. The number of hydrogen-bond acceptors (Lipinski definition) is 4. The molecule has 2 heterocycles. The first kappa shape index (κ1) is 17.0. The van der Waals surface area contributed by atoms with Gasteiger partial charge >= 0.3 is 0 Å². The average molecular weight is 338 g/mol. The van der Waals surface area contributed by atoms with Crippen LogP contribution >= 0.6 is 0 Å². The van der Waals surface area contributed by atoms with E-state index in [4.69, 9.17) is 4.74 Å². The molecule has 0 radical (unpaired) electrons. The number of carbonyl (C=O) groups excluding carboxylic acids is 1. The maximum atomic E-state index is 12.8. The number of rotatable bonds is 5. The monoisotopic (exact) mass is 338 g/mol. The van der Waals surface area contributed by atoms with Crippen molar-refractivity contribution in [1.82, 2.24) is 19.7 Å². The third-order valence-corrected chi connectivity index (χ3v) is 4.54. The molecule has 6 nitrogen and oxygen atoms in total. The topological polar surface area (TPSA) is 60.2 Å². The molecule has 6 heteroatoms. The summed E-state index contributed by atoms with van der Waals surface area (Å²) in [5.74, 6) is 0.741. The molecular formula is C19H22N4O2. The summed E-state index contributed by atoms with van der Waals surface area (Å²) in [4.78, 5) is 18.8. The third kappa shape index (κ3) is 3.20. The first-order chi connectivity index (χ1) is 12.0. The lowest BCUT2D eigenvalue weighted by molar-refractivity contribution is -0.132. The van der Waals surface area contributed by atoms with Gasteiger partial charge < -0.3 is 9.64 Å². The molecule has 0 aliphatic carbocycles. The summed E-state index contributed by atoms with van der Waals surface area (Å²) >= 11 is 0. The largest absolute Gasteiger partial charge is 0.496 e. The summed E-state index contributed by atoms with van der Waals surface area (Å²) in [6.07, 6.45) is 1.71. The summed E-state index contributed by atoms with van der Waals surface area (Å²) in [5.41, 5.74) is 2.57. The fraction of sp³-hybridized carbons (Fsp3) is 0.316. The van der Waals surface area contributed by atoms with Crippen LogP contribution in [0.1, 0.15) is 24.2 Å². The van der Waals surface area contributed by atoms with Crippen molar-refractivity contribution in [2.75, 3.05) is 14.2 Å². The number of ether oxygens (including phenoxy) is 1. The Bertz CT molecular complexity index is 903. The molecule has 1 aromatic carbocycles. The van der Waals surface area contributed by atoms with E-state index >= 15 is 0 Å². The van der Waals surface area contributed by atoms with Crippen LogP contribution in [-0.2, 0) is 11.3 Å². The number of fused-ring (bicyclic) bond motifs is 1. The minimum atomic E-state index is -0.112. The fourth-order valence-electron chi connectivity index (χ4n) is 2.95. The summed E-state index contributed by atoms with van der Waals surface area (Å²) in [7, 11) is 3.43. The van der Waals surface area contributed by atoms with Gasteiger partial charge in [0.1, 0.15) is 12.3 Å². The Hall–Kier alpha value is -2.89. The van der Waals surface area contributed by atoms with Crippen LogP contribution in [0.25, 0.3) is 11.0 Å². The van der Waals surface area contributed by atoms with Crippen LogP contribution in [-0.4, -0.2) is 39.7 Å².